The largest absolute Gasteiger partial charge is 0.369 e. The van der Waals surface area contributed by atoms with E-state index in [0.717, 1.165) is 25.0 Å². The van der Waals surface area contributed by atoms with Gasteiger partial charge in [0.25, 0.3) is 0 Å². The molecule has 0 saturated heterocycles. The van der Waals surface area contributed by atoms with Crippen LogP contribution in [-0.4, -0.2) is 10.9 Å². The highest BCUT2D eigenvalue weighted by molar-refractivity contribution is 5.79. The van der Waals surface area contributed by atoms with E-state index in [-0.39, 0.29) is 17.2 Å². The first-order valence-electron chi connectivity index (χ1n) is 6.43. The zero-order valence-corrected chi connectivity index (χ0v) is 9.93. The predicted octanol–water partition coefficient (Wildman–Crippen LogP) is 2.01. The lowest BCUT2D eigenvalue weighted by Crippen LogP contribution is -2.51. The third-order valence-electron chi connectivity index (χ3n) is 4.75. The molecule has 1 heterocycles. The quantitative estimate of drug-likeness (QED) is 0.845. The Bertz CT molecular complexity index is 421. The standard InChI is InChI=1S/C14H18N2O/c15-13(17)11-9-10-4-6-14(11,7-5-10)12-3-1-2-8-16-12/h1-3,8,10-11H,4-7,9H2,(H2,15,17). The number of carbonyl (C=O) groups is 1. The molecule has 0 radical (unpaired) electrons. The van der Waals surface area contributed by atoms with Crippen LogP contribution in [0.15, 0.2) is 24.4 Å². The maximum Gasteiger partial charge on any atom is 0.221 e. The molecule has 17 heavy (non-hydrogen) atoms. The second kappa shape index (κ2) is 3.83. The summed E-state index contributed by atoms with van der Waals surface area (Å²) in [5.74, 6) is 0.558. The Hall–Kier alpha value is -1.38. The maximum absolute atomic E-state index is 11.7. The van der Waals surface area contributed by atoms with Crippen LogP contribution in [0.5, 0.6) is 0 Å². The first-order chi connectivity index (χ1) is 8.22. The summed E-state index contributed by atoms with van der Waals surface area (Å²) in [6.07, 6.45) is 7.38. The fourth-order valence-electron chi connectivity index (χ4n) is 3.82. The summed E-state index contributed by atoms with van der Waals surface area (Å²) in [4.78, 5) is 16.2. The van der Waals surface area contributed by atoms with Gasteiger partial charge in [0.1, 0.15) is 0 Å². The van der Waals surface area contributed by atoms with Gasteiger partial charge < -0.3 is 5.73 Å². The lowest BCUT2D eigenvalue weighted by atomic mass is 9.53. The molecule has 2 N–H and O–H groups in total. The van der Waals surface area contributed by atoms with Gasteiger partial charge in [0.05, 0.1) is 0 Å². The number of aromatic nitrogens is 1. The highest BCUT2D eigenvalue weighted by Crippen LogP contribution is 2.54. The molecule has 3 fully saturated rings. The van der Waals surface area contributed by atoms with Crippen molar-refractivity contribution in [2.24, 2.45) is 17.6 Å². The van der Waals surface area contributed by atoms with Crippen LogP contribution in [0.3, 0.4) is 0 Å². The van der Waals surface area contributed by atoms with Gasteiger partial charge in [0.15, 0.2) is 0 Å². The number of carbonyl (C=O) groups excluding carboxylic acids is 1. The number of primary amides is 1. The van der Waals surface area contributed by atoms with Crippen molar-refractivity contribution in [3.05, 3.63) is 30.1 Å². The molecule has 1 amide bonds. The van der Waals surface area contributed by atoms with Gasteiger partial charge in [-0.15, -0.1) is 0 Å². The normalized spacial score (nSPS) is 35.8. The molecule has 3 nitrogen and oxygen atoms in total. The molecule has 0 aromatic carbocycles. The van der Waals surface area contributed by atoms with Crippen molar-refractivity contribution in [3.63, 3.8) is 0 Å². The van der Waals surface area contributed by atoms with Crippen molar-refractivity contribution < 1.29 is 4.79 Å². The molecule has 3 aliphatic carbocycles. The molecule has 2 bridgehead atoms. The molecule has 3 aliphatic rings. The fraction of sp³-hybridized carbons (Fsp3) is 0.571. The van der Waals surface area contributed by atoms with E-state index in [4.69, 9.17) is 5.73 Å². The number of hydrogen-bond donors (Lipinski definition) is 1. The third kappa shape index (κ3) is 1.56. The minimum Gasteiger partial charge on any atom is -0.369 e. The monoisotopic (exact) mass is 230 g/mol. The van der Waals surface area contributed by atoms with Crippen LogP contribution in [0.1, 0.15) is 37.8 Å². The van der Waals surface area contributed by atoms with Gasteiger partial charge in [-0.2, -0.15) is 0 Å². The van der Waals surface area contributed by atoms with Crippen LogP contribution in [0.2, 0.25) is 0 Å². The highest BCUT2D eigenvalue weighted by atomic mass is 16.1. The topological polar surface area (TPSA) is 56.0 Å². The zero-order valence-electron chi connectivity index (χ0n) is 9.93. The molecule has 1 atom stereocenters. The molecule has 0 spiro atoms. The van der Waals surface area contributed by atoms with Gasteiger partial charge >= 0.3 is 0 Å². The van der Waals surface area contributed by atoms with Crippen molar-refractivity contribution in [2.45, 2.75) is 37.5 Å². The first kappa shape index (κ1) is 10.8. The third-order valence-corrected chi connectivity index (χ3v) is 4.75. The number of fused-ring (bicyclic) bond motifs is 3. The zero-order chi connectivity index (χ0) is 11.9. The van der Waals surface area contributed by atoms with Gasteiger partial charge in [-0.1, -0.05) is 6.07 Å². The first-order valence-corrected chi connectivity index (χ1v) is 6.43. The van der Waals surface area contributed by atoms with E-state index < -0.39 is 0 Å². The van der Waals surface area contributed by atoms with Crippen LogP contribution < -0.4 is 5.73 Å². The Kier molecular flexibility index (Phi) is 2.42. The van der Waals surface area contributed by atoms with Crippen LogP contribution in [0.4, 0.5) is 0 Å². The van der Waals surface area contributed by atoms with E-state index in [1.165, 1.54) is 12.8 Å². The Morgan fingerprint density at radius 1 is 1.35 bits per heavy atom. The highest BCUT2D eigenvalue weighted by Gasteiger charge is 2.51. The van der Waals surface area contributed by atoms with E-state index in [1.54, 1.807) is 0 Å². The van der Waals surface area contributed by atoms with E-state index in [1.807, 2.05) is 18.3 Å². The number of amides is 1. The van der Waals surface area contributed by atoms with Crippen LogP contribution >= 0.6 is 0 Å². The molecule has 1 aromatic rings. The van der Waals surface area contributed by atoms with E-state index in [9.17, 15) is 4.79 Å². The number of nitrogens with zero attached hydrogens (tertiary/aromatic N) is 1. The molecular weight excluding hydrogens is 212 g/mol. The molecule has 4 rings (SSSR count). The van der Waals surface area contributed by atoms with E-state index in [2.05, 4.69) is 11.1 Å². The van der Waals surface area contributed by atoms with Crippen LogP contribution in [-0.2, 0) is 10.2 Å². The predicted molar refractivity (Wildman–Crippen MR) is 65.2 cm³/mol. The number of nitrogens with two attached hydrogens (primary N) is 1. The Balaban J connectivity index is 2.05. The SMILES string of the molecule is NC(=O)C1CC2CCC1(c1ccccn1)CC2. The molecular formula is C14H18N2O. The van der Waals surface area contributed by atoms with Crippen LogP contribution in [0.25, 0.3) is 0 Å². The van der Waals surface area contributed by atoms with Gasteiger partial charge in [-0.25, -0.2) is 0 Å². The summed E-state index contributed by atoms with van der Waals surface area (Å²) in [7, 11) is 0. The molecule has 90 valence electrons. The molecule has 3 heteroatoms. The average molecular weight is 230 g/mol. The Morgan fingerprint density at radius 2 is 2.12 bits per heavy atom. The summed E-state index contributed by atoms with van der Waals surface area (Å²) in [6, 6.07) is 5.99. The van der Waals surface area contributed by atoms with Gasteiger partial charge in [0, 0.05) is 23.2 Å². The van der Waals surface area contributed by atoms with Gasteiger partial charge in [-0.3, -0.25) is 9.78 Å². The smallest absolute Gasteiger partial charge is 0.221 e. The molecule has 3 saturated carbocycles. The summed E-state index contributed by atoms with van der Waals surface area (Å²) < 4.78 is 0. The minimum absolute atomic E-state index is 0.00935. The van der Waals surface area contributed by atoms with Crippen molar-refractivity contribution in [1.29, 1.82) is 0 Å². The van der Waals surface area contributed by atoms with Crippen molar-refractivity contribution in [1.82, 2.24) is 4.98 Å². The Labute approximate surface area is 101 Å². The van der Waals surface area contributed by atoms with Crippen molar-refractivity contribution in [3.8, 4) is 0 Å². The number of rotatable bonds is 2. The van der Waals surface area contributed by atoms with Gasteiger partial charge in [-0.05, 0) is 50.2 Å². The summed E-state index contributed by atoms with van der Waals surface area (Å²) in [6.45, 7) is 0. The number of pyridine rings is 1. The Morgan fingerprint density at radius 3 is 2.71 bits per heavy atom. The lowest BCUT2D eigenvalue weighted by Gasteiger charge is -2.50. The summed E-state index contributed by atoms with van der Waals surface area (Å²) in [5, 5.41) is 0. The minimum atomic E-state index is -0.139. The summed E-state index contributed by atoms with van der Waals surface area (Å²) >= 11 is 0. The lowest BCUT2D eigenvalue weighted by molar-refractivity contribution is -0.128. The van der Waals surface area contributed by atoms with Crippen molar-refractivity contribution >= 4 is 5.91 Å². The number of hydrogen-bond acceptors (Lipinski definition) is 2. The molecule has 1 aromatic heterocycles. The average Bonchev–Trinajstić information content (AvgIpc) is 2.41. The van der Waals surface area contributed by atoms with E-state index in [0.29, 0.717) is 5.92 Å². The fourth-order valence-corrected chi connectivity index (χ4v) is 3.82. The summed E-state index contributed by atoms with van der Waals surface area (Å²) in [5.41, 5.74) is 6.61. The van der Waals surface area contributed by atoms with Gasteiger partial charge in [0.2, 0.25) is 5.91 Å². The molecule has 0 aliphatic heterocycles. The maximum atomic E-state index is 11.7. The van der Waals surface area contributed by atoms with Crippen molar-refractivity contribution in [2.75, 3.05) is 0 Å². The van der Waals surface area contributed by atoms with E-state index >= 15 is 0 Å². The van der Waals surface area contributed by atoms with Crippen LogP contribution in [0, 0.1) is 11.8 Å². The molecule has 1 unspecified atom stereocenters. The second-order valence-electron chi connectivity index (χ2n) is 5.51. The second-order valence-corrected chi connectivity index (χ2v) is 5.51.